The fourth-order valence-corrected chi connectivity index (χ4v) is 2.13. The number of carbonyl (C=O) groups excluding carboxylic acids is 1. The Morgan fingerprint density at radius 1 is 1.44 bits per heavy atom. The van der Waals surface area contributed by atoms with Crippen LogP contribution in [0.2, 0.25) is 0 Å². The third-order valence-corrected chi connectivity index (χ3v) is 3.12. The molecule has 7 heteroatoms. The molecule has 0 atom stereocenters. The Kier molecular flexibility index (Phi) is 3.91. The number of amides is 1. The molecule has 0 aromatic carbocycles. The van der Waals surface area contributed by atoms with Gasteiger partial charge in [0.15, 0.2) is 5.69 Å². The molecular weight excluding hydrogens is 236 g/mol. The Hall–Kier alpha value is -1.92. The molecule has 7 nitrogen and oxygen atoms in total. The van der Waals surface area contributed by atoms with Crippen molar-refractivity contribution in [2.24, 2.45) is 5.92 Å². The SMILES string of the molecule is O=C(O)c1cn(CCNC(=O)C2CCCC2)nn1. The summed E-state index contributed by atoms with van der Waals surface area (Å²) in [6, 6.07) is 0. The molecule has 1 aliphatic carbocycles. The summed E-state index contributed by atoms with van der Waals surface area (Å²) in [6.07, 6.45) is 5.55. The van der Waals surface area contributed by atoms with Gasteiger partial charge in [0.1, 0.15) is 0 Å². The van der Waals surface area contributed by atoms with Crippen molar-refractivity contribution in [2.45, 2.75) is 32.2 Å². The lowest BCUT2D eigenvalue weighted by Gasteiger charge is -2.09. The molecule has 0 unspecified atom stereocenters. The first-order chi connectivity index (χ1) is 8.66. The van der Waals surface area contributed by atoms with Crippen LogP contribution in [0.3, 0.4) is 0 Å². The Morgan fingerprint density at radius 2 is 2.17 bits per heavy atom. The van der Waals surface area contributed by atoms with E-state index >= 15 is 0 Å². The van der Waals surface area contributed by atoms with E-state index in [0.29, 0.717) is 13.1 Å². The van der Waals surface area contributed by atoms with Crippen LogP contribution in [0.25, 0.3) is 0 Å². The molecule has 1 amide bonds. The maximum atomic E-state index is 11.7. The van der Waals surface area contributed by atoms with E-state index in [1.165, 1.54) is 10.9 Å². The smallest absolute Gasteiger partial charge is 0.358 e. The summed E-state index contributed by atoms with van der Waals surface area (Å²) in [7, 11) is 0. The highest BCUT2D eigenvalue weighted by atomic mass is 16.4. The fraction of sp³-hybridized carbons (Fsp3) is 0.636. The molecule has 0 radical (unpaired) electrons. The van der Waals surface area contributed by atoms with E-state index in [0.717, 1.165) is 25.7 Å². The van der Waals surface area contributed by atoms with Gasteiger partial charge in [-0.1, -0.05) is 18.1 Å². The minimum Gasteiger partial charge on any atom is -0.476 e. The summed E-state index contributed by atoms with van der Waals surface area (Å²) in [5.74, 6) is -0.863. The molecule has 0 spiro atoms. The minimum atomic E-state index is -1.10. The number of nitrogens with one attached hydrogen (secondary N) is 1. The molecule has 18 heavy (non-hydrogen) atoms. The molecule has 0 aliphatic heterocycles. The van der Waals surface area contributed by atoms with E-state index in [1.807, 2.05) is 0 Å². The number of carboxylic acids is 1. The van der Waals surface area contributed by atoms with Crippen LogP contribution < -0.4 is 5.32 Å². The summed E-state index contributed by atoms with van der Waals surface area (Å²) in [5, 5.41) is 18.7. The van der Waals surface area contributed by atoms with E-state index in [2.05, 4.69) is 15.6 Å². The normalized spacial score (nSPS) is 15.8. The molecule has 1 aliphatic rings. The van der Waals surface area contributed by atoms with Crippen molar-refractivity contribution in [1.29, 1.82) is 0 Å². The Bertz CT molecular complexity index is 437. The van der Waals surface area contributed by atoms with Gasteiger partial charge in [-0.3, -0.25) is 4.79 Å². The quantitative estimate of drug-likeness (QED) is 0.784. The Labute approximate surface area is 104 Å². The van der Waals surface area contributed by atoms with Crippen LogP contribution in [0.1, 0.15) is 36.2 Å². The summed E-state index contributed by atoms with van der Waals surface area (Å²) in [5.41, 5.74) is -0.0860. The van der Waals surface area contributed by atoms with Crippen molar-refractivity contribution in [3.8, 4) is 0 Å². The topological polar surface area (TPSA) is 97.1 Å². The van der Waals surface area contributed by atoms with Gasteiger partial charge < -0.3 is 10.4 Å². The van der Waals surface area contributed by atoms with Gasteiger partial charge in [0.25, 0.3) is 0 Å². The van der Waals surface area contributed by atoms with E-state index in [-0.39, 0.29) is 17.5 Å². The molecule has 1 saturated carbocycles. The van der Waals surface area contributed by atoms with Gasteiger partial charge in [0, 0.05) is 12.5 Å². The second-order valence-electron chi connectivity index (χ2n) is 4.44. The zero-order valence-electron chi connectivity index (χ0n) is 10.0. The van der Waals surface area contributed by atoms with Gasteiger partial charge >= 0.3 is 5.97 Å². The van der Waals surface area contributed by atoms with Gasteiger partial charge in [-0.2, -0.15) is 0 Å². The van der Waals surface area contributed by atoms with Gasteiger partial charge in [0.05, 0.1) is 12.7 Å². The van der Waals surface area contributed by atoms with E-state index in [1.54, 1.807) is 0 Å². The second kappa shape index (κ2) is 5.61. The Balaban J connectivity index is 1.74. The van der Waals surface area contributed by atoms with E-state index in [9.17, 15) is 9.59 Å². The van der Waals surface area contributed by atoms with Gasteiger partial charge in [0.2, 0.25) is 5.91 Å². The first-order valence-corrected chi connectivity index (χ1v) is 6.08. The molecule has 98 valence electrons. The largest absolute Gasteiger partial charge is 0.476 e. The molecule has 2 rings (SSSR count). The molecular formula is C11H16N4O3. The fourth-order valence-electron chi connectivity index (χ4n) is 2.13. The summed E-state index contributed by atoms with van der Waals surface area (Å²) < 4.78 is 1.42. The molecule has 1 heterocycles. The van der Waals surface area contributed by atoms with Crippen LogP contribution in [0.15, 0.2) is 6.20 Å². The highest BCUT2D eigenvalue weighted by Crippen LogP contribution is 2.24. The van der Waals surface area contributed by atoms with Crippen LogP contribution in [-0.4, -0.2) is 38.5 Å². The lowest BCUT2D eigenvalue weighted by Crippen LogP contribution is -2.32. The number of carboxylic acid groups (broad SMARTS) is 1. The third-order valence-electron chi connectivity index (χ3n) is 3.12. The zero-order chi connectivity index (χ0) is 13.0. The number of nitrogens with zero attached hydrogens (tertiary/aromatic N) is 3. The van der Waals surface area contributed by atoms with Gasteiger partial charge in [-0.05, 0) is 12.8 Å². The second-order valence-corrected chi connectivity index (χ2v) is 4.44. The van der Waals surface area contributed by atoms with Crippen LogP contribution in [0.5, 0.6) is 0 Å². The summed E-state index contributed by atoms with van der Waals surface area (Å²) in [4.78, 5) is 22.3. The van der Waals surface area contributed by atoms with Crippen molar-refractivity contribution in [3.63, 3.8) is 0 Å². The average molecular weight is 252 g/mol. The first-order valence-electron chi connectivity index (χ1n) is 6.08. The predicted molar refractivity (Wildman–Crippen MR) is 61.9 cm³/mol. The van der Waals surface area contributed by atoms with Crippen molar-refractivity contribution >= 4 is 11.9 Å². The average Bonchev–Trinajstić information content (AvgIpc) is 3.00. The third kappa shape index (κ3) is 3.06. The van der Waals surface area contributed by atoms with E-state index in [4.69, 9.17) is 5.11 Å². The summed E-state index contributed by atoms with van der Waals surface area (Å²) in [6.45, 7) is 0.872. The number of rotatable bonds is 5. The highest BCUT2D eigenvalue weighted by molar-refractivity contribution is 5.84. The molecule has 0 saturated heterocycles. The monoisotopic (exact) mass is 252 g/mol. The highest BCUT2D eigenvalue weighted by Gasteiger charge is 2.21. The number of hydrogen-bond donors (Lipinski definition) is 2. The maximum Gasteiger partial charge on any atom is 0.358 e. The van der Waals surface area contributed by atoms with Crippen molar-refractivity contribution in [1.82, 2.24) is 20.3 Å². The van der Waals surface area contributed by atoms with Gasteiger partial charge in [-0.15, -0.1) is 5.10 Å². The van der Waals surface area contributed by atoms with Crippen LogP contribution in [-0.2, 0) is 11.3 Å². The first kappa shape index (κ1) is 12.5. The van der Waals surface area contributed by atoms with Crippen molar-refractivity contribution in [3.05, 3.63) is 11.9 Å². The summed E-state index contributed by atoms with van der Waals surface area (Å²) >= 11 is 0. The van der Waals surface area contributed by atoms with Crippen molar-refractivity contribution < 1.29 is 14.7 Å². The maximum absolute atomic E-state index is 11.7. The number of carbonyl (C=O) groups is 2. The standard InChI is InChI=1S/C11H16N4O3/c16-10(8-3-1-2-4-8)12-5-6-15-7-9(11(17)18)13-14-15/h7-8H,1-6H2,(H,12,16)(H,17,18). The number of aromatic nitrogens is 3. The minimum absolute atomic E-state index is 0.0860. The van der Waals surface area contributed by atoms with Crippen LogP contribution in [0, 0.1) is 5.92 Å². The lowest BCUT2D eigenvalue weighted by molar-refractivity contribution is -0.124. The molecule has 1 aromatic rings. The van der Waals surface area contributed by atoms with Crippen LogP contribution >= 0.6 is 0 Å². The molecule has 2 N–H and O–H groups in total. The lowest BCUT2D eigenvalue weighted by atomic mass is 10.1. The molecule has 0 bridgehead atoms. The number of hydrogen-bond acceptors (Lipinski definition) is 4. The number of aromatic carboxylic acids is 1. The Morgan fingerprint density at radius 3 is 2.78 bits per heavy atom. The van der Waals surface area contributed by atoms with Gasteiger partial charge in [-0.25, -0.2) is 9.48 Å². The van der Waals surface area contributed by atoms with E-state index < -0.39 is 5.97 Å². The van der Waals surface area contributed by atoms with Crippen molar-refractivity contribution in [2.75, 3.05) is 6.54 Å². The zero-order valence-corrected chi connectivity index (χ0v) is 10.0. The molecule has 1 fully saturated rings. The van der Waals surface area contributed by atoms with Crippen LogP contribution in [0.4, 0.5) is 0 Å². The predicted octanol–water partition coefficient (Wildman–Crippen LogP) is 0.283. The molecule has 1 aromatic heterocycles.